The number of carbonyl (C=O) groups excluding carboxylic acids is 1. The molecule has 0 aliphatic carbocycles. The van der Waals surface area contributed by atoms with Crippen LogP contribution in [0.25, 0.3) is 11.1 Å². The summed E-state index contributed by atoms with van der Waals surface area (Å²) in [5.74, 6) is 1.68. The molecule has 2 rings (SSSR count). The molecule has 0 bridgehead atoms. The first-order valence-electron chi connectivity index (χ1n) is 6.48. The molecule has 0 N–H and O–H groups in total. The van der Waals surface area contributed by atoms with Gasteiger partial charge in [-0.25, -0.2) is 8.78 Å². The topological polar surface area (TPSA) is 17.1 Å². The van der Waals surface area contributed by atoms with Gasteiger partial charge in [0.05, 0.1) is 0 Å². The summed E-state index contributed by atoms with van der Waals surface area (Å²) in [5.41, 5.74) is 1.50. The Morgan fingerprint density at radius 1 is 1.10 bits per heavy atom. The van der Waals surface area contributed by atoms with E-state index in [1.54, 1.807) is 36.4 Å². The van der Waals surface area contributed by atoms with Crippen molar-refractivity contribution in [1.29, 1.82) is 0 Å². The second kappa shape index (κ2) is 5.88. The van der Waals surface area contributed by atoms with Gasteiger partial charge in [-0.15, -0.1) is 0 Å². The minimum absolute atomic E-state index is 0.0935. The minimum Gasteiger partial charge on any atom is -0.285 e. The summed E-state index contributed by atoms with van der Waals surface area (Å²) in [4.78, 5) is 10.9. The summed E-state index contributed by atoms with van der Waals surface area (Å²) in [6, 6.07) is 13.6. The Kier molecular flexibility index (Phi) is 4.18. The molecule has 0 aliphatic rings. The Morgan fingerprint density at radius 2 is 1.76 bits per heavy atom. The van der Waals surface area contributed by atoms with E-state index < -0.39 is 5.92 Å². The first kappa shape index (κ1) is 14.9. The Balaban J connectivity index is 2.58. The van der Waals surface area contributed by atoms with E-state index in [2.05, 4.69) is 11.8 Å². The van der Waals surface area contributed by atoms with Crippen LogP contribution in [-0.4, -0.2) is 5.78 Å². The van der Waals surface area contributed by atoms with E-state index in [0.29, 0.717) is 11.1 Å². The average molecular weight is 284 g/mol. The van der Waals surface area contributed by atoms with Crippen LogP contribution in [0.15, 0.2) is 48.5 Å². The van der Waals surface area contributed by atoms with E-state index in [9.17, 15) is 13.6 Å². The molecule has 21 heavy (non-hydrogen) atoms. The van der Waals surface area contributed by atoms with Gasteiger partial charge in [0.1, 0.15) is 0 Å². The van der Waals surface area contributed by atoms with Gasteiger partial charge in [0, 0.05) is 25.0 Å². The molecule has 0 radical (unpaired) electrons. The molecule has 0 spiro atoms. The lowest BCUT2D eigenvalue weighted by molar-refractivity contribution is -0.111. The monoisotopic (exact) mass is 284 g/mol. The molecule has 3 heteroatoms. The highest BCUT2D eigenvalue weighted by atomic mass is 19.3. The number of alkyl halides is 2. The molecule has 1 nitrogen and oxygen atoms in total. The summed E-state index contributed by atoms with van der Waals surface area (Å²) in [5, 5.41) is 0. The van der Waals surface area contributed by atoms with E-state index in [-0.39, 0.29) is 11.3 Å². The SMILES string of the molecule is CC(=O)C#Cc1ccc(-c2ccccc2)c(C(C)(F)F)c1. The van der Waals surface area contributed by atoms with E-state index in [0.717, 1.165) is 12.5 Å². The second-order valence-corrected chi connectivity index (χ2v) is 4.82. The van der Waals surface area contributed by atoms with Crippen LogP contribution >= 0.6 is 0 Å². The van der Waals surface area contributed by atoms with Crippen molar-refractivity contribution in [3.05, 3.63) is 59.7 Å². The number of benzene rings is 2. The molecule has 0 atom stereocenters. The van der Waals surface area contributed by atoms with Crippen molar-refractivity contribution in [1.82, 2.24) is 0 Å². The number of hydrogen-bond acceptors (Lipinski definition) is 1. The normalized spacial score (nSPS) is 10.7. The lowest BCUT2D eigenvalue weighted by atomic mass is 9.94. The van der Waals surface area contributed by atoms with Gasteiger partial charge in [-0.05, 0) is 29.2 Å². The summed E-state index contributed by atoms with van der Waals surface area (Å²) < 4.78 is 27.7. The van der Waals surface area contributed by atoms with Crippen LogP contribution in [-0.2, 0) is 10.7 Å². The lowest BCUT2D eigenvalue weighted by Gasteiger charge is -2.16. The van der Waals surface area contributed by atoms with Crippen molar-refractivity contribution in [3.63, 3.8) is 0 Å². The zero-order valence-electron chi connectivity index (χ0n) is 11.8. The molecule has 2 aromatic carbocycles. The molecule has 0 saturated heterocycles. The third-order valence-electron chi connectivity index (χ3n) is 2.96. The van der Waals surface area contributed by atoms with Crippen LogP contribution in [0.1, 0.15) is 25.0 Å². The summed E-state index contributed by atoms with van der Waals surface area (Å²) in [6.45, 7) is 2.19. The molecular formula is C18H14F2O. The van der Waals surface area contributed by atoms with Gasteiger partial charge in [-0.1, -0.05) is 42.3 Å². The Morgan fingerprint density at radius 3 is 2.33 bits per heavy atom. The van der Waals surface area contributed by atoms with Crippen molar-refractivity contribution < 1.29 is 13.6 Å². The molecule has 0 aliphatic heterocycles. The zero-order chi connectivity index (χ0) is 15.5. The van der Waals surface area contributed by atoms with Crippen LogP contribution in [0.5, 0.6) is 0 Å². The third-order valence-corrected chi connectivity index (χ3v) is 2.96. The predicted molar refractivity (Wildman–Crippen MR) is 79.0 cm³/mol. The van der Waals surface area contributed by atoms with E-state index in [4.69, 9.17) is 0 Å². The summed E-state index contributed by atoms with van der Waals surface area (Å²) in [6.07, 6.45) is 0. The molecule has 0 aromatic heterocycles. The molecule has 106 valence electrons. The first-order chi connectivity index (χ1) is 9.88. The molecule has 0 unspecified atom stereocenters. The zero-order valence-corrected chi connectivity index (χ0v) is 11.8. The average Bonchev–Trinajstić information content (AvgIpc) is 2.45. The van der Waals surface area contributed by atoms with Crippen molar-refractivity contribution in [2.75, 3.05) is 0 Å². The maximum Gasteiger partial charge on any atom is 0.271 e. The minimum atomic E-state index is -2.99. The Labute approximate surface area is 122 Å². The number of hydrogen-bond donors (Lipinski definition) is 0. The molecular weight excluding hydrogens is 270 g/mol. The number of ketones is 1. The van der Waals surface area contributed by atoms with Crippen LogP contribution in [0.4, 0.5) is 8.78 Å². The molecule has 0 saturated carbocycles. The fourth-order valence-electron chi connectivity index (χ4n) is 2.01. The van der Waals surface area contributed by atoms with Crippen molar-refractivity contribution in [3.8, 4) is 23.0 Å². The van der Waals surface area contributed by atoms with Gasteiger partial charge in [0.15, 0.2) is 0 Å². The first-order valence-corrected chi connectivity index (χ1v) is 6.48. The van der Waals surface area contributed by atoms with Crippen molar-refractivity contribution in [2.24, 2.45) is 0 Å². The maximum absolute atomic E-state index is 13.9. The quantitative estimate of drug-likeness (QED) is 0.747. The third kappa shape index (κ3) is 3.76. The molecule has 0 heterocycles. The van der Waals surface area contributed by atoms with E-state index >= 15 is 0 Å². The van der Waals surface area contributed by atoms with Gasteiger partial charge in [-0.3, -0.25) is 4.79 Å². The van der Waals surface area contributed by atoms with Crippen LogP contribution in [0.3, 0.4) is 0 Å². The van der Waals surface area contributed by atoms with Crippen molar-refractivity contribution >= 4 is 5.78 Å². The van der Waals surface area contributed by atoms with Crippen LogP contribution in [0, 0.1) is 11.8 Å². The number of halogens is 2. The standard InChI is InChI=1S/C18H14F2O/c1-13(21)8-9-14-10-11-16(15-6-4-3-5-7-15)17(12-14)18(2,19)20/h3-7,10-12H,1-2H3. The maximum atomic E-state index is 13.9. The van der Waals surface area contributed by atoms with Gasteiger partial charge < -0.3 is 0 Å². The highest BCUT2D eigenvalue weighted by Gasteiger charge is 2.28. The van der Waals surface area contributed by atoms with Crippen LogP contribution in [0.2, 0.25) is 0 Å². The molecule has 0 amide bonds. The predicted octanol–water partition coefficient (Wildman–Crippen LogP) is 4.41. The highest BCUT2D eigenvalue weighted by Crippen LogP contribution is 2.36. The largest absolute Gasteiger partial charge is 0.285 e. The fourth-order valence-corrected chi connectivity index (χ4v) is 2.01. The van der Waals surface area contributed by atoms with Crippen LogP contribution < -0.4 is 0 Å². The number of rotatable bonds is 2. The van der Waals surface area contributed by atoms with Gasteiger partial charge in [0.2, 0.25) is 5.78 Å². The van der Waals surface area contributed by atoms with Crippen molar-refractivity contribution in [2.45, 2.75) is 19.8 Å². The van der Waals surface area contributed by atoms with Gasteiger partial charge >= 0.3 is 0 Å². The summed E-state index contributed by atoms with van der Waals surface area (Å²) in [7, 11) is 0. The fraction of sp³-hybridized carbons (Fsp3) is 0.167. The smallest absolute Gasteiger partial charge is 0.271 e. The second-order valence-electron chi connectivity index (χ2n) is 4.82. The van der Waals surface area contributed by atoms with Gasteiger partial charge in [-0.2, -0.15) is 0 Å². The van der Waals surface area contributed by atoms with Gasteiger partial charge in [0.25, 0.3) is 5.92 Å². The summed E-state index contributed by atoms with van der Waals surface area (Å²) >= 11 is 0. The lowest BCUT2D eigenvalue weighted by Crippen LogP contribution is -2.09. The Bertz CT molecular complexity index is 716. The number of Topliss-reactive ketones (excluding diaryl/α,β-unsaturated/α-hetero) is 1. The highest BCUT2D eigenvalue weighted by molar-refractivity contribution is 5.93. The Hall–Kier alpha value is -2.47. The van der Waals surface area contributed by atoms with E-state index in [1.165, 1.54) is 13.0 Å². The molecule has 2 aromatic rings. The number of carbonyl (C=O) groups is 1. The van der Waals surface area contributed by atoms with E-state index in [1.807, 2.05) is 6.07 Å². The molecule has 0 fully saturated rings.